The maximum Gasteiger partial charge on any atom is 0.338 e. The van der Waals surface area contributed by atoms with Crippen molar-refractivity contribution >= 4 is 35.0 Å². The highest BCUT2D eigenvalue weighted by atomic mass is 35.5. The van der Waals surface area contributed by atoms with Crippen molar-refractivity contribution in [1.29, 1.82) is 0 Å². The molecule has 4 rings (SSSR count). The lowest BCUT2D eigenvalue weighted by atomic mass is 9.95. The predicted molar refractivity (Wildman–Crippen MR) is 167 cm³/mol. The number of hydrogen-bond donors (Lipinski definition) is 0. The molecule has 3 aromatic rings. The molecule has 0 saturated heterocycles. The van der Waals surface area contributed by atoms with Gasteiger partial charge >= 0.3 is 5.97 Å². The SMILES string of the molecule is C=CCOc1c(Cl)cc(/C=c2\sc3n(c2=O)[C@@H](c2ccc(OC(C)C)c(OC)c2)C(C(=O)OCC)=C(C)N=3)cc1OCC. The third-order valence-electron chi connectivity index (χ3n) is 6.36. The fourth-order valence-corrected chi connectivity index (χ4v) is 6.00. The molecule has 0 aliphatic carbocycles. The van der Waals surface area contributed by atoms with Gasteiger partial charge in [-0.3, -0.25) is 9.36 Å². The van der Waals surface area contributed by atoms with Gasteiger partial charge in [0.25, 0.3) is 5.56 Å². The van der Waals surface area contributed by atoms with Gasteiger partial charge in [-0.05, 0) is 76.1 Å². The van der Waals surface area contributed by atoms with Crippen molar-refractivity contribution in [1.82, 2.24) is 4.57 Å². The summed E-state index contributed by atoms with van der Waals surface area (Å²) in [6.45, 7) is 13.7. The first-order chi connectivity index (χ1) is 20.6. The van der Waals surface area contributed by atoms with Gasteiger partial charge in [-0.25, -0.2) is 9.79 Å². The number of halogens is 1. The number of benzene rings is 2. The second-order valence-electron chi connectivity index (χ2n) is 9.74. The maximum absolute atomic E-state index is 14.1. The number of rotatable bonds is 12. The van der Waals surface area contributed by atoms with Crippen LogP contribution in [0.5, 0.6) is 23.0 Å². The Kier molecular flexibility index (Phi) is 10.4. The Hall–Kier alpha value is -4.02. The van der Waals surface area contributed by atoms with Crippen LogP contribution in [0.3, 0.4) is 0 Å². The fourth-order valence-electron chi connectivity index (χ4n) is 4.68. The highest BCUT2D eigenvalue weighted by Gasteiger charge is 2.34. The molecule has 0 fully saturated rings. The van der Waals surface area contributed by atoms with E-state index in [2.05, 4.69) is 11.6 Å². The Morgan fingerprint density at radius 3 is 2.56 bits per heavy atom. The van der Waals surface area contributed by atoms with E-state index in [4.69, 9.17) is 35.3 Å². The number of aromatic nitrogens is 1. The molecule has 11 heteroatoms. The standard InChI is InChI=1S/C32H35ClN2O7S/c1-8-13-41-29-22(33)14-20(15-25(29)39-9-2)16-26-30(36)35-28(21-11-12-23(42-18(4)5)24(17-21)38-7)27(31(37)40-10-3)19(6)34-32(35)43-26/h8,11-12,14-18,28H,1,9-10,13H2,2-7H3/b26-16-/t28-/m0/s1. The Balaban J connectivity index is 1.92. The Labute approximate surface area is 259 Å². The first kappa shape index (κ1) is 31.9. The molecule has 43 heavy (non-hydrogen) atoms. The van der Waals surface area contributed by atoms with E-state index in [0.717, 1.165) is 0 Å². The van der Waals surface area contributed by atoms with Crippen LogP contribution in [0, 0.1) is 0 Å². The molecule has 228 valence electrons. The van der Waals surface area contributed by atoms with E-state index in [9.17, 15) is 9.59 Å². The number of methoxy groups -OCH3 is 1. The molecule has 1 aromatic heterocycles. The van der Waals surface area contributed by atoms with Gasteiger partial charge in [-0.1, -0.05) is 41.7 Å². The summed E-state index contributed by atoms with van der Waals surface area (Å²) >= 11 is 7.76. The number of ether oxygens (including phenoxy) is 5. The van der Waals surface area contributed by atoms with E-state index < -0.39 is 12.0 Å². The Morgan fingerprint density at radius 1 is 1.14 bits per heavy atom. The molecule has 0 amide bonds. The van der Waals surface area contributed by atoms with Crippen molar-refractivity contribution < 1.29 is 28.5 Å². The number of esters is 1. The third kappa shape index (κ3) is 6.81. The van der Waals surface area contributed by atoms with Crippen LogP contribution >= 0.6 is 22.9 Å². The number of allylic oxidation sites excluding steroid dienone is 1. The molecule has 1 aliphatic heterocycles. The highest BCUT2D eigenvalue weighted by Crippen LogP contribution is 2.38. The summed E-state index contributed by atoms with van der Waals surface area (Å²) in [5.41, 5.74) is 1.68. The number of thiazole rings is 1. The summed E-state index contributed by atoms with van der Waals surface area (Å²) in [6.07, 6.45) is 3.26. The predicted octanol–water partition coefficient (Wildman–Crippen LogP) is 5.21. The third-order valence-corrected chi connectivity index (χ3v) is 7.62. The monoisotopic (exact) mass is 626 g/mol. The van der Waals surface area contributed by atoms with Crippen LogP contribution < -0.4 is 33.8 Å². The van der Waals surface area contributed by atoms with Gasteiger partial charge in [0.05, 0.1) is 53.3 Å². The van der Waals surface area contributed by atoms with Gasteiger partial charge in [0, 0.05) is 0 Å². The maximum atomic E-state index is 14.1. The number of fused-ring (bicyclic) bond motifs is 1. The molecule has 0 bridgehead atoms. The van der Waals surface area contributed by atoms with E-state index >= 15 is 0 Å². The Bertz CT molecular complexity index is 1740. The van der Waals surface area contributed by atoms with Crippen LogP contribution in [0.4, 0.5) is 0 Å². The minimum atomic E-state index is -0.809. The lowest BCUT2D eigenvalue weighted by Gasteiger charge is -2.25. The number of carbonyl (C=O) groups is 1. The van der Waals surface area contributed by atoms with Gasteiger partial charge in [-0.2, -0.15) is 0 Å². The van der Waals surface area contributed by atoms with Gasteiger partial charge < -0.3 is 23.7 Å². The van der Waals surface area contributed by atoms with Gasteiger partial charge in [0.2, 0.25) is 0 Å². The average molecular weight is 627 g/mol. The minimum absolute atomic E-state index is 0.0750. The molecule has 2 aromatic carbocycles. The van der Waals surface area contributed by atoms with Crippen LogP contribution in [0.2, 0.25) is 5.02 Å². The molecule has 2 heterocycles. The van der Waals surface area contributed by atoms with Crippen LogP contribution in [0.25, 0.3) is 6.08 Å². The molecular weight excluding hydrogens is 592 g/mol. The fraction of sp³-hybridized carbons (Fsp3) is 0.344. The Morgan fingerprint density at radius 2 is 1.91 bits per heavy atom. The zero-order chi connectivity index (χ0) is 31.3. The first-order valence-corrected chi connectivity index (χ1v) is 15.1. The lowest BCUT2D eigenvalue weighted by molar-refractivity contribution is -0.139. The number of nitrogens with zero attached hydrogens (tertiary/aromatic N) is 2. The molecule has 0 spiro atoms. The molecule has 0 radical (unpaired) electrons. The van der Waals surface area contributed by atoms with Crippen molar-refractivity contribution in [2.75, 3.05) is 26.9 Å². The summed E-state index contributed by atoms with van der Waals surface area (Å²) < 4.78 is 30.3. The summed E-state index contributed by atoms with van der Waals surface area (Å²) in [5.74, 6) is 1.32. The van der Waals surface area contributed by atoms with Crippen molar-refractivity contribution in [3.63, 3.8) is 0 Å². The van der Waals surface area contributed by atoms with Crippen molar-refractivity contribution in [2.24, 2.45) is 4.99 Å². The second kappa shape index (κ2) is 14.0. The quantitative estimate of drug-likeness (QED) is 0.201. The van der Waals surface area contributed by atoms with E-state index in [1.807, 2.05) is 26.8 Å². The molecule has 1 atom stereocenters. The summed E-state index contributed by atoms with van der Waals surface area (Å²) in [4.78, 5) is 32.4. The van der Waals surface area contributed by atoms with Crippen molar-refractivity contribution in [3.05, 3.63) is 90.1 Å². The molecular formula is C32H35ClN2O7S. The summed E-state index contributed by atoms with van der Waals surface area (Å²) in [5, 5.41) is 0.334. The van der Waals surface area contributed by atoms with Gasteiger partial charge in [0.1, 0.15) is 6.61 Å². The van der Waals surface area contributed by atoms with Crippen LogP contribution in [0.15, 0.2) is 64.0 Å². The smallest absolute Gasteiger partial charge is 0.338 e. The van der Waals surface area contributed by atoms with Gasteiger partial charge in [-0.15, -0.1) is 0 Å². The van der Waals surface area contributed by atoms with Crippen molar-refractivity contribution in [2.45, 2.75) is 46.8 Å². The number of hydrogen-bond acceptors (Lipinski definition) is 9. The van der Waals surface area contributed by atoms with Crippen molar-refractivity contribution in [3.8, 4) is 23.0 Å². The molecule has 9 nitrogen and oxygen atoms in total. The zero-order valence-electron chi connectivity index (χ0n) is 25.1. The molecule has 1 aliphatic rings. The zero-order valence-corrected chi connectivity index (χ0v) is 26.6. The minimum Gasteiger partial charge on any atom is -0.493 e. The lowest BCUT2D eigenvalue weighted by Crippen LogP contribution is -2.40. The van der Waals surface area contributed by atoms with Crippen LogP contribution in [-0.4, -0.2) is 43.6 Å². The summed E-state index contributed by atoms with van der Waals surface area (Å²) in [6, 6.07) is 8.01. The summed E-state index contributed by atoms with van der Waals surface area (Å²) in [7, 11) is 1.54. The highest BCUT2D eigenvalue weighted by molar-refractivity contribution is 7.07. The molecule has 0 unspecified atom stereocenters. The topological polar surface area (TPSA) is 97.6 Å². The van der Waals surface area contributed by atoms with E-state index in [0.29, 0.717) is 60.8 Å². The van der Waals surface area contributed by atoms with E-state index in [1.54, 1.807) is 57.4 Å². The van der Waals surface area contributed by atoms with E-state index in [-0.39, 0.29) is 30.5 Å². The van der Waals surface area contributed by atoms with E-state index in [1.165, 1.54) is 15.9 Å². The second-order valence-corrected chi connectivity index (χ2v) is 11.2. The molecule has 0 saturated carbocycles. The van der Waals surface area contributed by atoms with Crippen LogP contribution in [-0.2, 0) is 9.53 Å². The van der Waals surface area contributed by atoms with Crippen LogP contribution in [0.1, 0.15) is 51.8 Å². The first-order valence-electron chi connectivity index (χ1n) is 13.9. The molecule has 0 N–H and O–H groups in total. The number of carbonyl (C=O) groups excluding carboxylic acids is 1. The normalized spacial score (nSPS) is 14.7. The average Bonchev–Trinajstić information content (AvgIpc) is 3.26. The largest absolute Gasteiger partial charge is 0.493 e. The van der Waals surface area contributed by atoms with Gasteiger partial charge in [0.15, 0.2) is 27.8 Å².